The van der Waals surface area contributed by atoms with Gasteiger partial charge < -0.3 is 40.8 Å². The predicted molar refractivity (Wildman–Crippen MR) is 340 cm³/mol. The molecule has 2 aromatic heterocycles. The number of thioether (sulfide) groups is 1. The van der Waals surface area contributed by atoms with Crippen LogP contribution in [0.2, 0.25) is 10.0 Å². The van der Waals surface area contributed by atoms with Gasteiger partial charge in [0.05, 0.1) is 18.5 Å². The summed E-state index contributed by atoms with van der Waals surface area (Å²) in [6, 6.07) is 34.1. The van der Waals surface area contributed by atoms with Crippen LogP contribution in [0.15, 0.2) is 147 Å². The Morgan fingerprint density at radius 1 is 0.624 bits per heavy atom. The van der Waals surface area contributed by atoms with Crippen LogP contribution in [0.5, 0.6) is 0 Å². The molecule has 0 aliphatic carbocycles. The molecule has 6 heterocycles. The van der Waals surface area contributed by atoms with E-state index in [-0.39, 0.29) is 72.8 Å². The molecule has 2 N–H and O–H groups in total. The number of piperazine rings is 2. The van der Waals surface area contributed by atoms with Crippen LogP contribution in [0.25, 0.3) is 21.8 Å². The van der Waals surface area contributed by atoms with Crippen molar-refractivity contribution in [1.82, 2.24) is 39.4 Å². The number of nitrogens with zero attached hydrogens (tertiary/aromatic N) is 6. The molecular formula is C65H69Br2Cl2N8NaO6S. The summed E-state index contributed by atoms with van der Waals surface area (Å²) in [7, 11) is 0. The SMILES string of the molecule is CCCCC(=O)N1CCN(C(=O)C2(Sc3ccc(C)cc3)CC(=O)N(Cc3ccc(Br)cc3)C2c2c[nH]c3cc(Cl)ccc23)CC1.CCCCC(=O)N1CCN(C(=O)C2=CC(=O)N(Cc3ccc(Br)cc3)C2c2c[nH]c3cc(Cl)ccc23)CC1.[H-].[Na+]. The van der Waals surface area contributed by atoms with E-state index in [1.807, 2.05) is 148 Å². The molecule has 6 amide bonds. The third-order valence-corrected chi connectivity index (χ3v) is 19.3. The average Bonchev–Trinajstić information content (AvgIpc) is 1.62. The first-order chi connectivity index (χ1) is 40.5. The molecule has 4 aliphatic heterocycles. The minimum Gasteiger partial charge on any atom is -1.00 e. The van der Waals surface area contributed by atoms with Gasteiger partial charge in [-0.3, -0.25) is 28.8 Å². The number of aromatic nitrogens is 2. The third-order valence-electron chi connectivity index (χ3n) is 16.4. The molecule has 0 radical (unpaired) electrons. The first-order valence-electron chi connectivity index (χ1n) is 28.8. The number of aryl methyl sites for hydroxylation is 1. The number of hydrogen-bond acceptors (Lipinski definition) is 7. The van der Waals surface area contributed by atoms with Gasteiger partial charge in [-0.25, -0.2) is 0 Å². The van der Waals surface area contributed by atoms with E-state index in [1.54, 1.807) is 9.80 Å². The molecule has 85 heavy (non-hydrogen) atoms. The number of unbranched alkanes of at least 4 members (excludes halogenated alkanes) is 2. The molecule has 0 spiro atoms. The topological polar surface area (TPSA) is 153 Å². The van der Waals surface area contributed by atoms with Crippen molar-refractivity contribution in [3.63, 3.8) is 0 Å². The Hall–Kier alpha value is -5.37. The van der Waals surface area contributed by atoms with E-state index in [0.29, 0.717) is 93.9 Å². The van der Waals surface area contributed by atoms with Gasteiger partial charge in [-0.15, -0.1) is 11.8 Å². The molecule has 11 rings (SSSR count). The summed E-state index contributed by atoms with van der Waals surface area (Å²) in [6.45, 7) is 10.7. The van der Waals surface area contributed by atoms with Gasteiger partial charge in [0.2, 0.25) is 29.5 Å². The van der Waals surface area contributed by atoms with Gasteiger partial charge >= 0.3 is 29.6 Å². The van der Waals surface area contributed by atoms with Crippen molar-refractivity contribution in [3.05, 3.63) is 180 Å². The zero-order chi connectivity index (χ0) is 59.2. The molecular weight excluding hydrogens is 1270 g/mol. The molecule has 0 saturated carbocycles. The summed E-state index contributed by atoms with van der Waals surface area (Å²) in [6.07, 6.45) is 10.1. The zero-order valence-corrected chi connectivity index (χ0v) is 55.9. The number of rotatable bonds is 16. The Bertz CT molecular complexity index is 3610. The van der Waals surface area contributed by atoms with Crippen LogP contribution in [0, 0.1) is 6.92 Å². The van der Waals surface area contributed by atoms with Crippen molar-refractivity contribution in [2.45, 2.75) is 101 Å². The number of aromatic amines is 2. The van der Waals surface area contributed by atoms with Crippen molar-refractivity contribution < 1.29 is 59.8 Å². The number of fused-ring (bicyclic) bond motifs is 2. The van der Waals surface area contributed by atoms with E-state index >= 15 is 4.79 Å². The Labute approximate surface area is 551 Å². The van der Waals surface area contributed by atoms with E-state index in [4.69, 9.17) is 23.2 Å². The molecule has 3 atom stereocenters. The second kappa shape index (κ2) is 28.6. The van der Waals surface area contributed by atoms with E-state index < -0.39 is 16.8 Å². The summed E-state index contributed by atoms with van der Waals surface area (Å²) in [5.74, 6) is -0.213. The molecule has 20 heteroatoms. The van der Waals surface area contributed by atoms with Gasteiger partial charge in [0.1, 0.15) is 4.75 Å². The summed E-state index contributed by atoms with van der Waals surface area (Å²) in [5, 5.41) is 3.06. The zero-order valence-electron chi connectivity index (χ0n) is 49.4. The van der Waals surface area contributed by atoms with Gasteiger partial charge in [-0.2, -0.15) is 0 Å². The van der Waals surface area contributed by atoms with Crippen molar-refractivity contribution in [1.29, 1.82) is 0 Å². The van der Waals surface area contributed by atoms with Crippen LogP contribution in [0.1, 0.15) is 100 Å². The monoisotopic (exact) mass is 1340 g/mol. The number of benzene rings is 5. The van der Waals surface area contributed by atoms with E-state index in [2.05, 4.69) is 55.7 Å². The van der Waals surface area contributed by atoms with Gasteiger partial charge in [0, 0.05) is 159 Å². The summed E-state index contributed by atoms with van der Waals surface area (Å²) in [5.41, 5.74) is 6.96. The number of carbonyl (C=O) groups is 6. The quantitative estimate of drug-likeness (QED) is 0.0914. The van der Waals surface area contributed by atoms with Crippen molar-refractivity contribution in [2.24, 2.45) is 0 Å². The number of likely N-dealkylation sites (tertiary alicyclic amines) is 1. The predicted octanol–water partition coefficient (Wildman–Crippen LogP) is 10.3. The third kappa shape index (κ3) is 14.5. The molecule has 440 valence electrons. The fraction of sp³-hybridized carbons (Fsp3) is 0.354. The maximum absolute atomic E-state index is 15.1. The first-order valence-corrected chi connectivity index (χ1v) is 31.9. The number of nitrogens with one attached hydrogen (secondary N) is 2. The second-order valence-electron chi connectivity index (χ2n) is 22.0. The fourth-order valence-corrected chi connectivity index (χ4v) is 14.2. The molecule has 0 bridgehead atoms. The second-order valence-corrected chi connectivity index (χ2v) is 26.2. The van der Waals surface area contributed by atoms with Crippen LogP contribution in [-0.4, -0.2) is 132 Å². The molecule has 3 saturated heterocycles. The van der Waals surface area contributed by atoms with Crippen LogP contribution in [-0.2, 0) is 41.9 Å². The van der Waals surface area contributed by atoms with Gasteiger partial charge in [0.25, 0.3) is 5.91 Å². The first kappa shape index (κ1) is 64.1. The minimum absolute atomic E-state index is 0. The van der Waals surface area contributed by atoms with Crippen LogP contribution in [0.4, 0.5) is 0 Å². The fourth-order valence-electron chi connectivity index (χ4n) is 11.8. The molecule has 3 unspecified atom stereocenters. The van der Waals surface area contributed by atoms with Crippen molar-refractivity contribution in [3.8, 4) is 0 Å². The number of H-pyrrole nitrogens is 2. The summed E-state index contributed by atoms with van der Waals surface area (Å²) >= 11 is 21.1. The molecule has 14 nitrogen and oxygen atoms in total. The molecule has 3 fully saturated rings. The van der Waals surface area contributed by atoms with Gasteiger partial charge in [-0.05, 0) is 91.6 Å². The van der Waals surface area contributed by atoms with Crippen molar-refractivity contribution in [2.75, 3.05) is 52.4 Å². The Morgan fingerprint density at radius 2 is 1.09 bits per heavy atom. The maximum atomic E-state index is 15.1. The van der Waals surface area contributed by atoms with Gasteiger partial charge in [-0.1, -0.05) is 136 Å². The number of hydrogen-bond donors (Lipinski definition) is 2. The number of carbonyl (C=O) groups excluding carboxylic acids is 6. The van der Waals surface area contributed by atoms with E-state index in [1.165, 1.54) is 17.8 Å². The maximum Gasteiger partial charge on any atom is 1.00 e. The van der Waals surface area contributed by atoms with Crippen LogP contribution < -0.4 is 29.6 Å². The molecule has 4 aliphatic rings. The van der Waals surface area contributed by atoms with Crippen LogP contribution in [0.3, 0.4) is 0 Å². The van der Waals surface area contributed by atoms with Gasteiger partial charge in [0.15, 0.2) is 0 Å². The largest absolute Gasteiger partial charge is 1.00 e. The smallest absolute Gasteiger partial charge is 1.00 e. The Balaban J connectivity index is 0.000000222. The average molecular weight is 1340 g/mol. The van der Waals surface area contributed by atoms with E-state index in [0.717, 1.165) is 89.1 Å². The van der Waals surface area contributed by atoms with Crippen LogP contribution >= 0.6 is 66.8 Å². The summed E-state index contributed by atoms with van der Waals surface area (Å²) in [4.78, 5) is 100. The Morgan fingerprint density at radius 3 is 1.61 bits per heavy atom. The minimum atomic E-state index is -1.15. The van der Waals surface area contributed by atoms with Crippen molar-refractivity contribution >= 4 is 124 Å². The normalized spacial score (nSPS) is 18.9. The molecule has 7 aromatic rings. The standard InChI is InChI=1S/C36H38BrClN4O3S.C29H30BrClN4O3.Na.H/c1-3-4-5-32(43)40-16-18-41(19-17-40)35(45)36(46-28-13-6-24(2)7-14-28)21-33(44)42(23-25-8-10-26(37)11-9-25)34(36)30-22-39-31-20-27(38)12-15-29(30)31;1-2-3-4-26(36)33-11-13-34(14-12-33)29(38)23-16-27(37)35(18-19-5-7-20(30)8-6-19)28(23)24-17-32-25-15-21(31)9-10-22(24)25;;/h6-15,20,22,34,39H,3-5,16-19,21,23H2,1-2H3;5-10,15-17,28,32H,2-4,11-14,18H2,1H3;;/q;;+1;-1. The van der Waals surface area contributed by atoms with E-state index in [9.17, 15) is 24.0 Å². The number of halogens is 4. The Kier molecular flexibility index (Phi) is 21.6. The molecule has 5 aromatic carbocycles. The summed E-state index contributed by atoms with van der Waals surface area (Å²) < 4.78 is 0.770. The number of amides is 6.